The summed E-state index contributed by atoms with van der Waals surface area (Å²) in [5, 5.41) is 18.3. The first-order valence-corrected chi connectivity index (χ1v) is 10.3. The number of H-pyrrole nitrogens is 1. The second-order valence-corrected chi connectivity index (χ2v) is 8.14. The van der Waals surface area contributed by atoms with Gasteiger partial charge in [-0.2, -0.15) is 5.10 Å². The number of aromatic amines is 1. The van der Waals surface area contributed by atoms with Crippen LogP contribution in [0.3, 0.4) is 0 Å². The molecule has 0 saturated carbocycles. The van der Waals surface area contributed by atoms with Crippen molar-refractivity contribution in [2.75, 3.05) is 0 Å². The average Bonchev–Trinajstić information content (AvgIpc) is 3.32. The van der Waals surface area contributed by atoms with Gasteiger partial charge in [0.1, 0.15) is 23.0 Å². The first-order chi connectivity index (χ1) is 15.4. The topological polar surface area (TPSA) is 82.1 Å². The lowest BCUT2D eigenvalue weighted by atomic mass is 9.95. The molecule has 1 aliphatic rings. The van der Waals surface area contributed by atoms with Gasteiger partial charge < -0.3 is 10.0 Å². The number of carbonyl (C=O) groups is 1. The summed E-state index contributed by atoms with van der Waals surface area (Å²) in [6.45, 7) is 2.10. The molecule has 0 unspecified atom stereocenters. The fraction of sp³-hybridized carbons (Fsp3) is 0.125. The minimum Gasteiger partial charge on any atom is -0.507 e. The van der Waals surface area contributed by atoms with Crippen LogP contribution in [0.4, 0.5) is 4.39 Å². The summed E-state index contributed by atoms with van der Waals surface area (Å²) >= 11 is 6.31. The van der Waals surface area contributed by atoms with E-state index in [1.807, 2.05) is 6.07 Å². The van der Waals surface area contributed by atoms with Crippen LogP contribution in [0.1, 0.15) is 38.8 Å². The maximum Gasteiger partial charge on any atom is 0.273 e. The molecule has 1 aliphatic heterocycles. The van der Waals surface area contributed by atoms with E-state index in [0.717, 1.165) is 16.7 Å². The monoisotopic (exact) mass is 448 g/mol. The summed E-state index contributed by atoms with van der Waals surface area (Å²) < 4.78 is 13.7. The van der Waals surface area contributed by atoms with E-state index in [1.165, 1.54) is 12.1 Å². The second-order valence-electron chi connectivity index (χ2n) is 7.73. The standard InChI is InChI=1S/C24H18ClFN4O2/c1-13-9-19(31)17(10-18(13)25)21-20-22(29-28-21)24(32)30(12-14-3-2-8-27-11-14)23(20)15-4-6-16(26)7-5-15/h2-11,23,31H,12H2,1H3,(H,28,29)/t23-/m0/s1. The van der Waals surface area contributed by atoms with Gasteiger partial charge in [-0.1, -0.05) is 29.8 Å². The number of fused-ring (bicyclic) bond motifs is 1. The highest BCUT2D eigenvalue weighted by molar-refractivity contribution is 6.31. The Balaban J connectivity index is 1.68. The molecule has 3 heterocycles. The highest BCUT2D eigenvalue weighted by Crippen LogP contribution is 2.45. The molecule has 160 valence electrons. The number of benzene rings is 2. The first-order valence-electron chi connectivity index (χ1n) is 9.97. The van der Waals surface area contributed by atoms with Gasteiger partial charge in [0.2, 0.25) is 0 Å². The lowest BCUT2D eigenvalue weighted by Crippen LogP contribution is -2.29. The smallest absolute Gasteiger partial charge is 0.273 e. The number of nitrogens with one attached hydrogen (secondary N) is 1. The Kier molecular flexibility index (Phi) is 4.90. The van der Waals surface area contributed by atoms with Gasteiger partial charge in [-0.05, 0) is 53.9 Å². The van der Waals surface area contributed by atoms with E-state index in [0.29, 0.717) is 34.1 Å². The number of hydrogen-bond acceptors (Lipinski definition) is 4. The van der Waals surface area contributed by atoms with E-state index in [-0.39, 0.29) is 17.5 Å². The Labute approximate surface area is 188 Å². The Morgan fingerprint density at radius 2 is 2.00 bits per heavy atom. The summed E-state index contributed by atoms with van der Waals surface area (Å²) in [7, 11) is 0. The van der Waals surface area contributed by atoms with Crippen LogP contribution in [0.5, 0.6) is 5.75 Å². The first kappa shape index (κ1) is 20.2. The van der Waals surface area contributed by atoms with Crippen LogP contribution in [0.2, 0.25) is 5.02 Å². The predicted octanol–water partition coefficient (Wildman–Crippen LogP) is 5.02. The normalized spacial score (nSPS) is 15.3. The summed E-state index contributed by atoms with van der Waals surface area (Å²) in [6.07, 6.45) is 3.37. The number of rotatable bonds is 4. The maximum atomic E-state index is 13.7. The number of pyridine rings is 1. The van der Waals surface area contributed by atoms with E-state index in [1.54, 1.807) is 54.5 Å². The third-order valence-corrected chi connectivity index (χ3v) is 6.06. The van der Waals surface area contributed by atoms with Crippen molar-refractivity contribution in [3.05, 3.63) is 99.7 Å². The number of carbonyl (C=O) groups excluding carboxylic acids is 1. The average molecular weight is 449 g/mol. The van der Waals surface area contributed by atoms with Crippen LogP contribution in [-0.4, -0.2) is 31.1 Å². The molecule has 0 spiro atoms. The molecular weight excluding hydrogens is 431 g/mol. The SMILES string of the molecule is Cc1cc(O)c(-c2n[nH]c3c2[C@H](c2ccc(F)cc2)N(Cc2cccnc2)C3=O)cc1Cl. The summed E-state index contributed by atoms with van der Waals surface area (Å²) in [6, 6.07) is 12.4. The van der Waals surface area contributed by atoms with Gasteiger partial charge in [0, 0.05) is 35.1 Å². The minimum absolute atomic E-state index is 0.0113. The van der Waals surface area contributed by atoms with Crippen LogP contribution in [0, 0.1) is 12.7 Å². The third kappa shape index (κ3) is 3.31. The van der Waals surface area contributed by atoms with E-state index in [4.69, 9.17) is 11.6 Å². The summed E-state index contributed by atoms with van der Waals surface area (Å²) in [5.74, 6) is -0.598. The van der Waals surface area contributed by atoms with Crippen molar-refractivity contribution in [1.29, 1.82) is 0 Å². The quantitative estimate of drug-likeness (QED) is 0.459. The van der Waals surface area contributed by atoms with Gasteiger partial charge in [-0.3, -0.25) is 14.9 Å². The van der Waals surface area contributed by atoms with Crippen molar-refractivity contribution in [3.8, 4) is 17.0 Å². The fourth-order valence-corrected chi connectivity index (χ4v) is 4.26. The van der Waals surface area contributed by atoms with Crippen LogP contribution in [0.15, 0.2) is 60.9 Å². The molecule has 0 radical (unpaired) electrons. The van der Waals surface area contributed by atoms with Gasteiger partial charge in [0.25, 0.3) is 5.91 Å². The lowest BCUT2D eigenvalue weighted by Gasteiger charge is -2.26. The Bertz CT molecular complexity index is 1320. The number of aromatic hydroxyl groups is 1. The largest absolute Gasteiger partial charge is 0.507 e. The molecule has 2 aromatic carbocycles. The van der Waals surface area contributed by atoms with Crippen molar-refractivity contribution in [2.24, 2.45) is 0 Å². The highest BCUT2D eigenvalue weighted by Gasteiger charge is 2.42. The summed E-state index contributed by atoms with van der Waals surface area (Å²) in [4.78, 5) is 19.2. The third-order valence-electron chi connectivity index (χ3n) is 5.66. The molecule has 5 rings (SSSR count). The lowest BCUT2D eigenvalue weighted by molar-refractivity contribution is 0.0730. The van der Waals surface area contributed by atoms with E-state index >= 15 is 0 Å². The predicted molar refractivity (Wildman–Crippen MR) is 118 cm³/mol. The molecule has 2 N–H and O–H groups in total. The van der Waals surface area contributed by atoms with E-state index in [2.05, 4.69) is 15.2 Å². The van der Waals surface area contributed by atoms with Gasteiger partial charge in [-0.15, -0.1) is 0 Å². The second kappa shape index (κ2) is 7.76. The molecule has 0 aliphatic carbocycles. The molecule has 4 aromatic rings. The minimum atomic E-state index is -0.536. The Hall–Kier alpha value is -3.71. The van der Waals surface area contributed by atoms with Crippen LogP contribution < -0.4 is 0 Å². The summed E-state index contributed by atoms with van der Waals surface area (Å²) in [5.41, 5.74) is 4.09. The number of phenols is 1. The number of nitrogens with zero attached hydrogens (tertiary/aromatic N) is 3. The molecule has 1 atom stereocenters. The zero-order valence-electron chi connectivity index (χ0n) is 17.0. The Morgan fingerprint density at radius 3 is 2.72 bits per heavy atom. The zero-order chi connectivity index (χ0) is 22.4. The number of amides is 1. The number of aryl methyl sites for hydroxylation is 1. The van der Waals surface area contributed by atoms with Gasteiger partial charge in [-0.25, -0.2) is 4.39 Å². The highest BCUT2D eigenvalue weighted by atomic mass is 35.5. The molecule has 8 heteroatoms. The molecule has 32 heavy (non-hydrogen) atoms. The number of aromatic nitrogens is 3. The van der Waals surface area contributed by atoms with Gasteiger partial charge in [0.15, 0.2) is 0 Å². The molecule has 0 bridgehead atoms. The van der Waals surface area contributed by atoms with Crippen molar-refractivity contribution >= 4 is 17.5 Å². The van der Waals surface area contributed by atoms with Gasteiger partial charge in [0.05, 0.1) is 6.04 Å². The maximum absolute atomic E-state index is 13.7. The molecule has 1 amide bonds. The number of phenolic OH excluding ortho intramolecular Hbond substituents is 1. The molecular formula is C24H18ClFN4O2. The van der Waals surface area contributed by atoms with Crippen molar-refractivity contribution < 1.29 is 14.3 Å². The number of hydrogen-bond donors (Lipinski definition) is 2. The van der Waals surface area contributed by atoms with Crippen LogP contribution in [-0.2, 0) is 6.54 Å². The van der Waals surface area contributed by atoms with Crippen molar-refractivity contribution in [2.45, 2.75) is 19.5 Å². The molecule has 0 fully saturated rings. The fourth-order valence-electron chi connectivity index (χ4n) is 4.10. The Morgan fingerprint density at radius 1 is 1.22 bits per heavy atom. The zero-order valence-corrected chi connectivity index (χ0v) is 17.8. The molecule has 0 saturated heterocycles. The van der Waals surface area contributed by atoms with Crippen LogP contribution >= 0.6 is 11.6 Å². The van der Waals surface area contributed by atoms with Crippen LogP contribution in [0.25, 0.3) is 11.3 Å². The van der Waals surface area contributed by atoms with E-state index in [9.17, 15) is 14.3 Å². The van der Waals surface area contributed by atoms with Gasteiger partial charge >= 0.3 is 0 Å². The van der Waals surface area contributed by atoms with Crippen molar-refractivity contribution in [1.82, 2.24) is 20.1 Å². The number of halogens is 2. The molecule has 6 nitrogen and oxygen atoms in total. The van der Waals surface area contributed by atoms with E-state index < -0.39 is 6.04 Å². The molecule has 2 aromatic heterocycles. The van der Waals surface area contributed by atoms with Crippen molar-refractivity contribution in [3.63, 3.8) is 0 Å².